The fourth-order valence-electron chi connectivity index (χ4n) is 13.0. The number of hydrogen-bond acceptors (Lipinski definition) is 3. The van der Waals surface area contributed by atoms with Crippen molar-refractivity contribution in [3.8, 4) is 5.69 Å². The molecule has 0 spiro atoms. The Hall–Kier alpha value is -7.82. The molecular weight excluding hydrogens is 825 g/mol. The van der Waals surface area contributed by atoms with Crippen molar-refractivity contribution in [2.75, 3.05) is 14.7 Å². The number of benzene rings is 9. The molecule has 0 N–H and O–H groups in total. The van der Waals surface area contributed by atoms with Crippen molar-refractivity contribution in [2.45, 2.75) is 43.9 Å². The van der Waals surface area contributed by atoms with Crippen LogP contribution in [0.4, 0.5) is 51.2 Å². The average molecular weight is 879 g/mol. The largest absolute Gasteiger partial charge is 0.310 e. The van der Waals surface area contributed by atoms with Gasteiger partial charge in [-0.15, -0.1) is 0 Å². The van der Waals surface area contributed by atoms with Gasteiger partial charge in [-0.3, -0.25) is 0 Å². The SMILES string of the molecule is c1ccc(N(c2ccccc2)c2cccc(N(c3cccc(N(c4ccccc4)c4ccc(C56CC7CC(CC(C7)C5)C6)cc4)c3)c3cccc4c5ccccc5n(-c5ccccc5)c34)c2)cc1. The van der Waals surface area contributed by atoms with Crippen molar-refractivity contribution in [2.24, 2.45) is 17.8 Å². The summed E-state index contributed by atoms with van der Waals surface area (Å²) in [6.07, 6.45) is 8.47. The molecule has 68 heavy (non-hydrogen) atoms. The third-order valence-electron chi connectivity index (χ3n) is 15.4. The highest BCUT2D eigenvalue weighted by molar-refractivity contribution is 6.14. The van der Waals surface area contributed by atoms with Crippen LogP contribution in [0.5, 0.6) is 0 Å². The first kappa shape index (κ1) is 40.5. The topological polar surface area (TPSA) is 14.7 Å². The van der Waals surface area contributed by atoms with Crippen molar-refractivity contribution >= 4 is 73.0 Å². The predicted molar refractivity (Wildman–Crippen MR) is 285 cm³/mol. The van der Waals surface area contributed by atoms with Gasteiger partial charge in [-0.1, -0.05) is 127 Å². The zero-order chi connectivity index (χ0) is 45.0. The normalized spacial score (nSPS) is 19.3. The molecule has 4 aliphatic rings. The van der Waals surface area contributed by atoms with E-state index in [1.807, 2.05) is 0 Å². The average Bonchev–Trinajstić information content (AvgIpc) is 3.73. The molecule has 4 heteroatoms. The fraction of sp³-hybridized carbons (Fsp3) is 0.156. The molecule has 330 valence electrons. The molecular formula is C64H54N4. The summed E-state index contributed by atoms with van der Waals surface area (Å²) in [7, 11) is 0. The number of para-hydroxylation sites is 6. The van der Waals surface area contributed by atoms with E-state index in [1.54, 1.807) is 5.56 Å². The van der Waals surface area contributed by atoms with Crippen molar-refractivity contribution in [1.29, 1.82) is 0 Å². The van der Waals surface area contributed by atoms with Gasteiger partial charge in [0, 0.05) is 62.0 Å². The van der Waals surface area contributed by atoms with Crippen LogP contribution in [0, 0.1) is 17.8 Å². The molecule has 0 unspecified atom stereocenters. The van der Waals surface area contributed by atoms with Crippen molar-refractivity contribution < 1.29 is 0 Å². The first-order valence-electron chi connectivity index (χ1n) is 24.6. The van der Waals surface area contributed by atoms with E-state index in [9.17, 15) is 0 Å². The Morgan fingerprint density at radius 3 is 1.25 bits per heavy atom. The second-order valence-electron chi connectivity index (χ2n) is 19.7. The van der Waals surface area contributed by atoms with Crippen molar-refractivity contribution in [3.05, 3.63) is 242 Å². The van der Waals surface area contributed by atoms with Crippen LogP contribution < -0.4 is 14.7 Å². The van der Waals surface area contributed by atoms with E-state index >= 15 is 0 Å². The molecule has 0 saturated heterocycles. The summed E-state index contributed by atoms with van der Waals surface area (Å²) in [5.74, 6) is 2.73. The number of anilines is 9. The maximum atomic E-state index is 2.48. The highest BCUT2D eigenvalue weighted by Gasteiger charge is 2.51. The third-order valence-corrected chi connectivity index (χ3v) is 15.4. The van der Waals surface area contributed by atoms with Crippen LogP contribution in [-0.2, 0) is 5.41 Å². The molecule has 0 radical (unpaired) electrons. The van der Waals surface area contributed by atoms with Crippen LogP contribution in [0.25, 0.3) is 27.5 Å². The monoisotopic (exact) mass is 878 g/mol. The predicted octanol–water partition coefficient (Wildman–Crippen LogP) is 17.7. The van der Waals surface area contributed by atoms with E-state index in [4.69, 9.17) is 0 Å². The van der Waals surface area contributed by atoms with E-state index in [2.05, 4.69) is 256 Å². The van der Waals surface area contributed by atoms with Gasteiger partial charge in [0.15, 0.2) is 0 Å². The summed E-state index contributed by atoms with van der Waals surface area (Å²) >= 11 is 0. The molecule has 4 aliphatic carbocycles. The van der Waals surface area contributed by atoms with Crippen LogP contribution in [-0.4, -0.2) is 4.57 Å². The Morgan fingerprint density at radius 2 is 0.735 bits per heavy atom. The number of nitrogens with zero attached hydrogens (tertiary/aromatic N) is 4. The van der Waals surface area contributed by atoms with Gasteiger partial charge in [-0.05, 0) is 176 Å². The first-order chi connectivity index (χ1) is 33.7. The molecule has 4 fully saturated rings. The molecule has 4 nitrogen and oxygen atoms in total. The zero-order valence-corrected chi connectivity index (χ0v) is 38.3. The summed E-state index contributed by atoms with van der Waals surface area (Å²) in [6, 6.07) is 86.7. The number of aromatic nitrogens is 1. The second kappa shape index (κ2) is 16.8. The van der Waals surface area contributed by atoms with Crippen LogP contribution in [0.2, 0.25) is 0 Å². The Balaban J connectivity index is 1.00. The lowest BCUT2D eigenvalue weighted by atomic mass is 9.48. The summed E-state index contributed by atoms with van der Waals surface area (Å²) in [6.45, 7) is 0. The third kappa shape index (κ3) is 7.06. The molecule has 14 rings (SSSR count). The van der Waals surface area contributed by atoms with Crippen molar-refractivity contribution in [3.63, 3.8) is 0 Å². The summed E-state index contributed by atoms with van der Waals surface area (Å²) in [5, 5.41) is 2.43. The maximum Gasteiger partial charge on any atom is 0.0782 e. The van der Waals surface area contributed by atoms with Gasteiger partial charge in [0.1, 0.15) is 0 Å². The minimum Gasteiger partial charge on any atom is -0.310 e. The van der Waals surface area contributed by atoms with Gasteiger partial charge in [-0.2, -0.15) is 0 Å². The summed E-state index contributed by atoms with van der Waals surface area (Å²) in [5.41, 5.74) is 15.2. The van der Waals surface area contributed by atoms with Gasteiger partial charge in [0.25, 0.3) is 0 Å². The molecule has 0 aliphatic heterocycles. The van der Waals surface area contributed by atoms with E-state index in [1.165, 1.54) is 60.5 Å². The Morgan fingerprint density at radius 1 is 0.338 bits per heavy atom. The molecule has 1 heterocycles. The van der Waals surface area contributed by atoms with Crippen molar-refractivity contribution in [1.82, 2.24) is 4.57 Å². The second-order valence-corrected chi connectivity index (χ2v) is 19.7. The fourth-order valence-corrected chi connectivity index (χ4v) is 13.0. The molecule has 1 aromatic heterocycles. The van der Waals surface area contributed by atoms with Gasteiger partial charge in [0.05, 0.1) is 16.7 Å². The molecule has 4 bridgehead atoms. The quantitative estimate of drug-likeness (QED) is 0.129. The molecule has 9 aromatic carbocycles. The van der Waals surface area contributed by atoms with Gasteiger partial charge in [0.2, 0.25) is 0 Å². The first-order valence-corrected chi connectivity index (χ1v) is 24.6. The Kier molecular flexibility index (Phi) is 10.00. The van der Waals surface area contributed by atoms with Gasteiger partial charge < -0.3 is 19.3 Å². The molecule has 4 saturated carbocycles. The summed E-state index contributed by atoms with van der Waals surface area (Å²) < 4.78 is 2.45. The smallest absolute Gasteiger partial charge is 0.0782 e. The number of hydrogen-bond donors (Lipinski definition) is 0. The molecule has 10 aromatic rings. The number of rotatable bonds is 11. The van der Waals surface area contributed by atoms with Gasteiger partial charge >= 0.3 is 0 Å². The van der Waals surface area contributed by atoms with E-state index in [0.29, 0.717) is 5.41 Å². The zero-order valence-electron chi connectivity index (χ0n) is 38.3. The van der Waals surface area contributed by atoms with E-state index in [-0.39, 0.29) is 0 Å². The van der Waals surface area contributed by atoms with Crippen LogP contribution >= 0.6 is 0 Å². The highest BCUT2D eigenvalue weighted by atomic mass is 15.2. The van der Waals surface area contributed by atoms with Crippen LogP contribution in [0.15, 0.2) is 237 Å². The highest BCUT2D eigenvalue weighted by Crippen LogP contribution is 2.61. The lowest BCUT2D eigenvalue weighted by molar-refractivity contribution is -0.00518. The lowest BCUT2D eigenvalue weighted by Gasteiger charge is -2.57. The number of fused-ring (bicyclic) bond motifs is 3. The van der Waals surface area contributed by atoms with Crippen LogP contribution in [0.1, 0.15) is 44.1 Å². The standard InChI is InChI=1S/C64H54N4/c1-5-18-50(19-6-1)65(51-20-7-2-8-21-51)55-26-15-28-57(41-55)67(62-33-17-31-60-59-30-13-14-32-61(59)68(63(60)62)53-24-11-4-12-25-53)58-29-16-27-56(42-58)66(52-22-9-3-10-23-52)54-36-34-49(35-37-54)64-43-46-38-47(44-64)40-48(39-46)45-64/h1-37,41-42,46-48H,38-40,43-45H2. The lowest BCUT2D eigenvalue weighted by Crippen LogP contribution is -2.48. The van der Waals surface area contributed by atoms with E-state index in [0.717, 1.165) is 74.5 Å². The Bertz CT molecular complexity index is 3300. The van der Waals surface area contributed by atoms with Crippen LogP contribution in [0.3, 0.4) is 0 Å². The summed E-state index contributed by atoms with van der Waals surface area (Å²) in [4.78, 5) is 7.26. The Labute approximate surface area is 400 Å². The molecule has 0 atom stereocenters. The molecule has 0 amide bonds. The van der Waals surface area contributed by atoms with E-state index < -0.39 is 0 Å². The minimum absolute atomic E-state index is 0.347. The van der Waals surface area contributed by atoms with Gasteiger partial charge in [-0.25, -0.2) is 0 Å². The minimum atomic E-state index is 0.347. The maximum absolute atomic E-state index is 2.48.